The molecular weight excluding hydrogens is 268 g/mol. The van der Waals surface area contributed by atoms with Crippen LogP contribution in [0.25, 0.3) is 0 Å². The highest BCUT2D eigenvalue weighted by Crippen LogP contribution is 2.33. The zero-order valence-corrected chi connectivity index (χ0v) is 12.4. The van der Waals surface area contributed by atoms with Gasteiger partial charge in [-0.2, -0.15) is 0 Å². The van der Waals surface area contributed by atoms with Crippen LogP contribution in [0, 0.1) is 0 Å². The van der Waals surface area contributed by atoms with Crippen LogP contribution < -0.4 is 0 Å². The van der Waals surface area contributed by atoms with Crippen molar-refractivity contribution in [3.8, 4) is 0 Å². The second-order valence-electron chi connectivity index (χ2n) is 5.48. The molecule has 1 fully saturated rings. The van der Waals surface area contributed by atoms with Gasteiger partial charge in [0.1, 0.15) is 0 Å². The van der Waals surface area contributed by atoms with Gasteiger partial charge in [-0.1, -0.05) is 41.6 Å². The quantitative estimate of drug-likeness (QED) is 0.565. The van der Waals surface area contributed by atoms with E-state index in [1.54, 1.807) is 7.11 Å². The molecule has 0 aromatic heterocycles. The van der Waals surface area contributed by atoms with Gasteiger partial charge in [-0.3, -0.25) is 0 Å². The van der Waals surface area contributed by atoms with Crippen LogP contribution in [0.1, 0.15) is 52.4 Å². The molecule has 0 bridgehead atoms. The van der Waals surface area contributed by atoms with Gasteiger partial charge in [-0.05, 0) is 26.7 Å². The molecule has 0 heterocycles. The van der Waals surface area contributed by atoms with Crippen molar-refractivity contribution < 1.29 is 9.47 Å². The van der Waals surface area contributed by atoms with E-state index in [2.05, 4.69) is 29.8 Å². The van der Waals surface area contributed by atoms with Crippen molar-refractivity contribution in [1.29, 1.82) is 0 Å². The van der Waals surface area contributed by atoms with E-state index in [9.17, 15) is 0 Å². The van der Waals surface area contributed by atoms with Crippen molar-refractivity contribution in [2.75, 3.05) is 19.0 Å². The molecule has 0 atom stereocenters. The van der Waals surface area contributed by atoms with Crippen molar-refractivity contribution in [3.05, 3.63) is 0 Å². The molecule has 3 heteroatoms. The third-order valence-corrected chi connectivity index (χ3v) is 4.56. The van der Waals surface area contributed by atoms with E-state index in [1.165, 1.54) is 38.5 Å². The molecule has 2 nitrogen and oxygen atoms in total. The summed E-state index contributed by atoms with van der Waals surface area (Å²) in [6.07, 6.45) is 7.64. The van der Waals surface area contributed by atoms with Crippen LogP contribution in [0.2, 0.25) is 0 Å². The molecule has 0 radical (unpaired) electrons. The average Bonchev–Trinajstić information content (AvgIpc) is 2.53. The van der Waals surface area contributed by atoms with Gasteiger partial charge in [0.05, 0.1) is 17.8 Å². The second kappa shape index (κ2) is 6.36. The molecule has 1 rings (SSSR count). The highest BCUT2D eigenvalue weighted by Gasteiger charge is 2.33. The highest BCUT2D eigenvalue weighted by atomic mass is 79.9. The standard InChI is InChI=1S/C13H25BrO2/c1-12(2,15-3)11-16-13(10-14)8-6-4-5-7-9-13/h4-11H2,1-3H3. The molecule has 0 saturated heterocycles. The molecule has 1 aliphatic carbocycles. The summed E-state index contributed by atoms with van der Waals surface area (Å²) in [6.45, 7) is 4.83. The van der Waals surface area contributed by atoms with Gasteiger partial charge >= 0.3 is 0 Å². The molecule has 16 heavy (non-hydrogen) atoms. The second-order valence-corrected chi connectivity index (χ2v) is 6.04. The fourth-order valence-electron chi connectivity index (χ4n) is 2.08. The summed E-state index contributed by atoms with van der Waals surface area (Å²) in [4.78, 5) is 0. The summed E-state index contributed by atoms with van der Waals surface area (Å²) in [6, 6.07) is 0. The smallest absolute Gasteiger partial charge is 0.0855 e. The largest absolute Gasteiger partial charge is 0.376 e. The minimum Gasteiger partial charge on any atom is -0.376 e. The van der Waals surface area contributed by atoms with Crippen LogP contribution in [0.3, 0.4) is 0 Å². The van der Waals surface area contributed by atoms with Gasteiger partial charge in [0.15, 0.2) is 0 Å². The molecule has 0 N–H and O–H groups in total. The van der Waals surface area contributed by atoms with E-state index < -0.39 is 0 Å². The van der Waals surface area contributed by atoms with Gasteiger partial charge in [-0.15, -0.1) is 0 Å². The van der Waals surface area contributed by atoms with E-state index in [0.29, 0.717) is 6.61 Å². The van der Waals surface area contributed by atoms with Crippen LogP contribution in [0.5, 0.6) is 0 Å². The molecule has 1 saturated carbocycles. The summed E-state index contributed by atoms with van der Waals surface area (Å²) >= 11 is 3.63. The van der Waals surface area contributed by atoms with Crippen LogP contribution in [-0.4, -0.2) is 30.2 Å². The van der Waals surface area contributed by atoms with Crippen molar-refractivity contribution in [1.82, 2.24) is 0 Å². The Morgan fingerprint density at radius 3 is 2.12 bits per heavy atom. The number of methoxy groups -OCH3 is 1. The van der Waals surface area contributed by atoms with Crippen molar-refractivity contribution in [2.24, 2.45) is 0 Å². The highest BCUT2D eigenvalue weighted by molar-refractivity contribution is 9.09. The number of alkyl halides is 1. The third-order valence-electron chi connectivity index (χ3n) is 3.54. The van der Waals surface area contributed by atoms with Crippen LogP contribution in [0.4, 0.5) is 0 Å². The lowest BCUT2D eigenvalue weighted by Crippen LogP contribution is -2.40. The normalized spacial score (nSPS) is 21.8. The Morgan fingerprint density at radius 2 is 1.69 bits per heavy atom. The van der Waals surface area contributed by atoms with Gasteiger partial charge < -0.3 is 9.47 Å². The predicted octanol–water partition coefficient (Wildman–Crippen LogP) is 3.92. The molecule has 0 unspecified atom stereocenters. The Morgan fingerprint density at radius 1 is 1.12 bits per heavy atom. The fourth-order valence-corrected chi connectivity index (χ4v) is 2.80. The van der Waals surface area contributed by atoms with E-state index in [4.69, 9.17) is 9.47 Å². The lowest BCUT2D eigenvalue weighted by Gasteiger charge is -2.35. The molecule has 96 valence electrons. The average molecular weight is 293 g/mol. The number of hydrogen-bond acceptors (Lipinski definition) is 2. The summed E-state index contributed by atoms with van der Waals surface area (Å²) < 4.78 is 11.6. The third kappa shape index (κ3) is 4.34. The number of ether oxygens (including phenoxy) is 2. The summed E-state index contributed by atoms with van der Waals surface area (Å²) in [5, 5.41) is 0.944. The Labute approximate surface area is 108 Å². The Hall–Kier alpha value is 0.400. The fraction of sp³-hybridized carbons (Fsp3) is 1.00. The van der Waals surface area contributed by atoms with Crippen molar-refractivity contribution in [2.45, 2.75) is 63.6 Å². The summed E-state index contributed by atoms with van der Waals surface area (Å²) in [5.74, 6) is 0. The summed E-state index contributed by atoms with van der Waals surface area (Å²) in [7, 11) is 1.75. The first kappa shape index (κ1) is 14.5. The van der Waals surface area contributed by atoms with E-state index in [1.807, 2.05) is 0 Å². The molecule has 0 amide bonds. The van der Waals surface area contributed by atoms with Crippen LogP contribution >= 0.6 is 15.9 Å². The van der Waals surface area contributed by atoms with Gasteiger partial charge in [-0.25, -0.2) is 0 Å². The molecule has 0 aromatic rings. The summed E-state index contributed by atoms with van der Waals surface area (Å²) in [5.41, 5.74) is -0.131. The lowest BCUT2D eigenvalue weighted by molar-refractivity contribution is -0.115. The first-order valence-electron chi connectivity index (χ1n) is 6.29. The Balaban J connectivity index is 2.51. The van der Waals surface area contributed by atoms with E-state index in [-0.39, 0.29) is 11.2 Å². The Bertz CT molecular complexity index is 196. The minimum absolute atomic E-state index is 0.0479. The SMILES string of the molecule is COC(C)(C)COC1(CBr)CCCCCC1. The predicted molar refractivity (Wildman–Crippen MR) is 71.3 cm³/mol. The topological polar surface area (TPSA) is 18.5 Å². The molecule has 0 aromatic carbocycles. The molecule has 0 spiro atoms. The van der Waals surface area contributed by atoms with E-state index in [0.717, 1.165) is 5.33 Å². The lowest BCUT2D eigenvalue weighted by atomic mass is 9.96. The maximum absolute atomic E-state index is 6.18. The minimum atomic E-state index is -0.179. The van der Waals surface area contributed by atoms with Crippen LogP contribution in [-0.2, 0) is 9.47 Å². The van der Waals surface area contributed by atoms with Crippen molar-refractivity contribution >= 4 is 15.9 Å². The maximum atomic E-state index is 6.18. The first-order chi connectivity index (χ1) is 7.54. The van der Waals surface area contributed by atoms with Gasteiger partial charge in [0.2, 0.25) is 0 Å². The molecule has 0 aliphatic heterocycles. The van der Waals surface area contributed by atoms with E-state index >= 15 is 0 Å². The first-order valence-corrected chi connectivity index (χ1v) is 7.41. The van der Waals surface area contributed by atoms with Gasteiger partial charge in [0.25, 0.3) is 0 Å². The zero-order valence-electron chi connectivity index (χ0n) is 10.9. The Kier molecular flexibility index (Phi) is 5.75. The monoisotopic (exact) mass is 292 g/mol. The van der Waals surface area contributed by atoms with Gasteiger partial charge in [0, 0.05) is 12.4 Å². The van der Waals surface area contributed by atoms with Crippen LogP contribution in [0.15, 0.2) is 0 Å². The number of halogens is 1. The number of rotatable bonds is 5. The molecular formula is C13H25BrO2. The number of hydrogen-bond donors (Lipinski definition) is 0. The molecule has 1 aliphatic rings. The van der Waals surface area contributed by atoms with Crippen molar-refractivity contribution in [3.63, 3.8) is 0 Å². The maximum Gasteiger partial charge on any atom is 0.0855 e. The zero-order chi connectivity index (χ0) is 12.1.